The first-order valence-corrected chi connectivity index (χ1v) is 10.6. The van der Waals surface area contributed by atoms with Crippen LogP contribution in [-0.4, -0.2) is 22.1 Å². The van der Waals surface area contributed by atoms with E-state index in [9.17, 15) is 4.39 Å². The third kappa shape index (κ3) is 5.26. The molecule has 3 aromatic rings. The van der Waals surface area contributed by atoms with Gasteiger partial charge in [0.25, 0.3) is 0 Å². The minimum Gasteiger partial charge on any atom is -0.367 e. The fourth-order valence-corrected chi connectivity index (χ4v) is 3.96. The highest BCUT2D eigenvalue weighted by atomic mass is 35.5. The smallest absolute Gasteiger partial charge is 0.126 e. The number of hydrogen-bond acceptors (Lipinski definition) is 5. The lowest BCUT2D eigenvalue weighted by Crippen LogP contribution is -2.33. The Morgan fingerprint density at radius 1 is 1.03 bits per heavy atom. The van der Waals surface area contributed by atoms with Gasteiger partial charge in [0.05, 0.1) is 5.02 Å². The third-order valence-corrected chi connectivity index (χ3v) is 5.71. The van der Waals surface area contributed by atoms with Crippen LogP contribution in [0.5, 0.6) is 0 Å². The summed E-state index contributed by atoms with van der Waals surface area (Å²) < 4.78 is 13.4. The molecule has 156 valence electrons. The second-order valence-electron chi connectivity index (χ2n) is 7.72. The van der Waals surface area contributed by atoms with Crippen molar-refractivity contribution in [3.8, 4) is 11.1 Å². The lowest BCUT2D eigenvalue weighted by molar-refractivity contribution is 0.410. The summed E-state index contributed by atoms with van der Waals surface area (Å²) >= 11 is 6.45. The van der Waals surface area contributed by atoms with Crippen molar-refractivity contribution in [2.24, 2.45) is 5.73 Å². The van der Waals surface area contributed by atoms with Crippen LogP contribution in [0.3, 0.4) is 0 Å². The van der Waals surface area contributed by atoms with Gasteiger partial charge in [0.15, 0.2) is 0 Å². The molecule has 30 heavy (non-hydrogen) atoms. The van der Waals surface area contributed by atoms with E-state index in [2.05, 4.69) is 20.6 Å². The first kappa shape index (κ1) is 20.6. The number of anilines is 2. The molecule has 0 bridgehead atoms. The van der Waals surface area contributed by atoms with Crippen molar-refractivity contribution < 1.29 is 4.39 Å². The summed E-state index contributed by atoms with van der Waals surface area (Å²) in [6.45, 7) is 0.481. The van der Waals surface area contributed by atoms with Crippen molar-refractivity contribution in [3.63, 3.8) is 0 Å². The Morgan fingerprint density at radius 3 is 2.67 bits per heavy atom. The molecular formula is C23H25ClFN5. The highest BCUT2D eigenvalue weighted by Gasteiger charge is 2.19. The summed E-state index contributed by atoms with van der Waals surface area (Å²) in [4.78, 5) is 8.81. The van der Waals surface area contributed by atoms with Crippen LogP contribution in [0.1, 0.15) is 31.2 Å². The molecule has 7 heteroatoms. The number of halogens is 2. The Kier molecular flexibility index (Phi) is 6.45. The minimum absolute atomic E-state index is 0.250. The van der Waals surface area contributed by atoms with Crippen LogP contribution >= 0.6 is 11.6 Å². The zero-order chi connectivity index (χ0) is 20.9. The Bertz CT molecular complexity index is 1000. The quantitative estimate of drug-likeness (QED) is 0.504. The number of aromatic nitrogens is 2. The maximum atomic E-state index is 13.4. The number of benzene rings is 1. The van der Waals surface area contributed by atoms with E-state index >= 15 is 0 Å². The molecule has 2 heterocycles. The van der Waals surface area contributed by atoms with E-state index in [1.165, 1.54) is 12.1 Å². The summed E-state index contributed by atoms with van der Waals surface area (Å²) in [5, 5.41) is 7.33. The number of rotatable bonds is 6. The average Bonchev–Trinajstić information content (AvgIpc) is 2.75. The standard InChI is InChI=1S/C23H25ClFN5/c24-21-14-29-23(30-19-6-4-18(26)5-7-19)12-20(21)16-8-9-27-22(11-16)28-13-15-2-1-3-17(25)10-15/h1-3,8-12,14,18-19H,4-7,13,26H2,(H,27,28)(H,29,30). The number of nitrogens with two attached hydrogens (primary N) is 1. The number of pyridine rings is 2. The Hall–Kier alpha value is -2.70. The molecule has 0 amide bonds. The lowest BCUT2D eigenvalue weighted by Gasteiger charge is -2.27. The number of hydrogen-bond donors (Lipinski definition) is 3. The summed E-state index contributed by atoms with van der Waals surface area (Å²) in [6, 6.07) is 13.0. The molecule has 1 aliphatic carbocycles. The largest absolute Gasteiger partial charge is 0.367 e. The summed E-state index contributed by atoms with van der Waals surface area (Å²) in [5.74, 6) is 1.25. The van der Waals surface area contributed by atoms with Crippen molar-refractivity contribution in [2.45, 2.75) is 44.3 Å². The molecule has 0 atom stereocenters. The average molecular weight is 426 g/mol. The summed E-state index contributed by atoms with van der Waals surface area (Å²) in [5.41, 5.74) is 8.68. The van der Waals surface area contributed by atoms with Gasteiger partial charge in [-0.25, -0.2) is 14.4 Å². The topological polar surface area (TPSA) is 75.9 Å². The highest BCUT2D eigenvalue weighted by molar-refractivity contribution is 6.33. The molecule has 0 spiro atoms. The van der Waals surface area contributed by atoms with Crippen molar-refractivity contribution >= 4 is 23.2 Å². The molecule has 2 aromatic heterocycles. The number of nitrogens with one attached hydrogen (secondary N) is 2. The van der Waals surface area contributed by atoms with Crippen LogP contribution in [0, 0.1) is 5.82 Å². The van der Waals surface area contributed by atoms with Crippen molar-refractivity contribution in [2.75, 3.05) is 10.6 Å². The normalized spacial score (nSPS) is 18.8. The third-order valence-electron chi connectivity index (χ3n) is 5.41. The molecule has 0 saturated heterocycles. The van der Waals surface area contributed by atoms with E-state index in [0.29, 0.717) is 29.5 Å². The van der Waals surface area contributed by atoms with Crippen LogP contribution in [0.4, 0.5) is 16.0 Å². The second kappa shape index (κ2) is 9.41. The van der Waals surface area contributed by atoms with Crippen LogP contribution in [0.15, 0.2) is 54.9 Å². The minimum atomic E-state index is -0.250. The van der Waals surface area contributed by atoms with Crippen LogP contribution in [-0.2, 0) is 6.54 Å². The maximum absolute atomic E-state index is 13.4. The maximum Gasteiger partial charge on any atom is 0.126 e. The fourth-order valence-electron chi connectivity index (χ4n) is 3.75. The van der Waals surface area contributed by atoms with Crippen molar-refractivity contribution in [1.82, 2.24) is 9.97 Å². The molecule has 0 radical (unpaired) electrons. The lowest BCUT2D eigenvalue weighted by atomic mass is 9.92. The van der Waals surface area contributed by atoms with Gasteiger partial charge in [-0.05, 0) is 67.1 Å². The fraction of sp³-hybridized carbons (Fsp3) is 0.304. The number of nitrogens with zero attached hydrogens (tertiary/aromatic N) is 2. The SMILES string of the molecule is NC1CCC(Nc2cc(-c3ccnc(NCc4cccc(F)c4)c3)c(Cl)cn2)CC1. The predicted molar refractivity (Wildman–Crippen MR) is 120 cm³/mol. The second-order valence-corrected chi connectivity index (χ2v) is 8.13. The van der Waals surface area contributed by atoms with E-state index < -0.39 is 0 Å². The van der Waals surface area contributed by atoms with Crippen LogP contribution in [0.2, 0.25) is 5.02 Å². The molecule has 0 aliphatic heterocycles. The molecule has 4 rings (SSSR count). The monoisotopic (exact) mass is 425 g/mol. The zero-order valence-electron chi connectivity index (χ0n) is 16.6. The van der Waals surface area contributed by atoms with E-state index in [0.717, 1.165) is 48.2 Å². The van der Waals surface area contributed by atoms with Gasteiger partial charge in [-0.1, -0.05) is 23.7 Å². The molecule has 4 N–H and O–H groups in total. The predicted octanol–water partition coefficient (Wildman–Crippen LogP) is 5.23. The van der Waals surface area contributed by atoms with Crippen LogP contribution in [0.25, 0.3) is 11.1 Å². The van der Waals surface area contributed by atoms with Crippen LogP contribution < -0.4 is 16.4 Å². The molecule has 0 unspecified atom stereocenters. The van der Waals surface area contributed by atoms with Gasteiger partial charge in [0, 0.05) is 36.6 Å². The first-order chi connectivity index (χ1) is 14.6. The van der Waals surface area contributed by atoms with E-state index in [1.54, 1.807) is 18.5 Å². The molecular weight excluding hydrogens is 401 g/mol. The highest BCUT2D eigenvalue weighted by Crippen LogP contribution is 2.31. The Morgan fingerprint density at radius 2 is 1.87 bits per heavy atom. The van der Waals surface area contributed by atoms with Gasteiger partial charge < -0.3 is 16.4 Å². The van der Waals surface area contributed by atoms with Gasteiger partial charge >= 0.3 is 0 Å². The molecule has 1 aliphatic rings. The van der Waals surface area contributed by atoms with Gasteiger partial charge in [-0.3, -0.25) is 0 Å². The molecule has 1 fully saturated rings. The molecule has 1 aromatic carbocycles. The van der Waals surface area contributed by atoms with E-state index in [1.807, 2.05) is 24.3 Å². The Labute approximate surface area is 180 Å². The van der Waals surface area contributed by atoms with E-state index in [4.69, 9.17) is 17.3 Å². The first-order valence-electron chi connectivity index (χ1n) is 10.2. The van der Waals surface area contributed by atoms with Gasteiger partial charge in [-0.2, -0.15) is 0 Å². The summed E-state index contributed by atoms with van der Waals surface area (Å²) in [7, 11) is 0. The summed E-state index contributed by atoms with van der Waals surface area (Å²) in [6.07, 6.45) is 7.56. The van der Waals surface area contributed by atoms with Crippen molar-refractivity contribution in [3.05, 3.63) is 71.3 Å². The van der Waals surface area contributed by atoms with Crippen molar-refractivity contribution in [1.29, 1.82) is 0 Å². The Balaban J connectivity index is 1.48. The zero-order valence-corrected chi connectivity index (χ0v) is 17.4. The van der Waals surface area contributed by atoms with E-state index in [-0.39, 0.29) is 5.82 Å². The van der Waals surface area contributed by atoms with Gasteiger partial charge in [0.1, 0.15) is 17.5 Å². The molecule has 5 nitrogen and oxygen atoms in total. The van der Waals surface area contributed by atoms with Gasteiger partial charge in [-0.15, -0.1) is 0 Å². The molecule has 1 saturated carbocycles. The van der Waals surface area contributed by atoms with Gasteiger partial charge in [0.2, 0.25) is 0 Å².